The molecule has 0 saturated heterocycles. The fraction of sp³-hybridized carbons (Fsp3) is 0.364. The lowest BCUT2D eigenvalue weighted by molar-refractivity contribution is -0.142. The van der Waals surface area contributed by atoms with E-state index in [-0.39, 0.29) is 31.0 Å². The highest BCUT2D eigenvalue weighted by Gasteiger charge is 2.26. The quantitative estimate of drug-likeness (QED) is 0.593. The summed E-state index contributed by atoms with van der Waals surface area (Å²) < 4.78 is 6.66. The lowest BCUT2D eigenvalue weighted by atomic mass is 10.1. The Bertz CT molecular complexity index is 856. The van der Waals surface area contributed by atoms with Crippen LogP contribution in [-0.4, -0.2) is 35.4 Å². The fourth-order valence-electron chi connectivity index (χ4n) is 2.71. The number of carbonyl (C=O) groups excluding carboxylic acids is 2. The highest BCUT2D eigenvalue weighted by Crippen LogP contribution is 2.22. The van der Waals surface area contributed by atoms with Crippen LogP contribution >= 0.6 is 27.5 Å². The van der Waals surface area contributed by atoms with E-state index in [1.54, 1.807) is 25.1 Å². The predicted octanol–water partition coefficient (Wildman–Crippen LogP) is 4.73. The van der Waals surface area contributed by atoms with Gasteiger partial charge >= 0.3 is 0 Å². The van der Waals surface area contributed by atoms with Gasteiger partial charge in [-0.2, -0.15) is 0 Å². The van der Waals surface area contributed by atoms with Crippen molar-refractivity contribution in [1.29, 1.82) is 0 Å². The molecule has 156 valence electrons. The number of ether oxygens (including phenoxy) is 1. The van der Waals surface area contributed by atoms with Crippen LogP contribution in [0.1, 0.15) is 31.9 Å². The molecule has 1 N–H and O–H groups in total. The monoisotopic (exact) mass is 480 g/mol. The van der Waals surface area contributed by atoms with Crippen LogP contribution in [-0.2, 0) is 16.1 Å². The Morgan fingerprint density at radius 2 is 1.79 bits per heavy atom. The molecule has 29 heavy (non-hydrogen) atoms. The van der Waals surface area contributed by atoms with Crippen LogP contribution in [0.25, 0.3) is 0 Å². The molecule has 2 aromatic carbocycles. The molecular weight excluding hydrogens is 456 g/mol. The van der Waals surface area contributed by atoms with E-state index in [0.29, 0.717) is 10.8 Å². The number of amides is 2. The van der Waals surface area contributed by atoms with Gasteiger partial charge in [0.25, 0.3) is 5.91 Å². The van der Waals surface area contributed by atoms with Gasteiger partial charge in [-0.25, -0.2) is 0 Å². The zero-order valence-corrected chi connectivity index (χ0v) is 19.4. The summed E-state index contributed by atoms with van der Waals surface area (Å²) >= 11 is 9.40. The number of aryl methyl sites for hydroxylation is 1. The third-order valence-electron chi connectivity index (χ3n) is 4.36. The summed E-state index contributed by atoms with van der Waals surface area (Å²) in [6, 6.07) is 12.1. The van der Waals surface area contributed by atoms with E-state index in [2.05, 4.69) is 21.2 Å². The molecule has 0 unspecified atom stereocenters. The highest BCUT2D eigenvalue weighted by atomic mass is 79.9. The van der Waals surface area contributed by atoms with Crippen molar-refractivity contribution in [3.05, 3.63) is 63.1 Å². The van der Waals surface area contributed by atoms with E-state index in [9.17, 15) is 9.59 Å². The summed E-state index contributed by atoms with van der Waals surface area (Å²) in [4.78, 5) is 27.0. The van der Waals surface area contributed by atoms with Crippen molar-refractivity contribution in [3.8, 4) is 5.75 Å². The minimum Gasteiger partial charge on any atom is -0.484 e. The Hall–Kier alpha value is -2.05. The molecule has 7 heteroatoms. The molecule has 0 fully saturated rings. The molecule has 2 aromatic rings. The molecule has 0 aliphatic rings. The van der Waals surface area contributed by atoms with E-state index < -0.39 is 6.04 Å². The number of hydrogen-bond acceptors (Lipinski definition) is 3. The summed E-state index contributed by atoms with van der Waals surface area (Å²) in [7, 11) is 0. The predicted molar refractivity (Wildman–Crippen MR) is 119 cm³/mol. The molecule has 0 aromatic heterocycles. The second-order valence-corrected chi connectivity index (χ2v) is 8.48. The first-order valence-corrected chi connectivity index (χ1v) is 10.6. The maximum Gasteiger partial charge on any atom is 0.261 e. The third-order valence-corrected chi connectivity index (χ3v) is 5.50. The number of rotatable bonds is 8. The van der Waals surface area contributed by atoms with Gasteiger partial charge in [-0.3, -0.25) is 9.59 Å². The van der Waals surface area contributed by atoms with Crippen LogP contribution in [0.4, 0.5) is 0 Å². The highest BCUT2D eigenvalue weighted by molar-refractivity contribution is 9.10. The molecule has 0 bridgehead atoms. The molecule has 0 aliphatic heterocycles. The largest absolute Gasteiger partial charge is 0.484 e. The van der Waals surface area contributed by atoms with Gasteiger partial charge in [0.05, 0.1) is 0 Å². The van der Waals surface area contributed by atoms with E-state index in [1.165, 1.54) is 4.90 Å². The normalized spacial score (nSPS) is 11.8. The first-order valence-electron chi connectivity index (χ1n) is 9.40. The first kappa shape index (κ1) is 23.2. The second-order valence-electron chi connectivity index (χ2n) is 7.19. The number of nitrogens with one attached hydrogen (secondary N) is 1. The summed E-state index contributed by atoms with van der Waals surface area (Å²) in [6.45, 7) is 7.56. The van der Waals surface area contributed by atoms with Crippen LogP contribution in [0.3, 0.4) is 0 Å². The van der Waals surface area contributed by atoms with Crippen molar-refractivity contribution >= 4 is 39.3 Å². The standard InChI is InChI=1S/C22H26BrClN2O3/c1-14(2)25-22(28)16(4)26(12-17-5-7-18(24)8-6-17)21(27)13-29-19-9-10-20(23)15(3)11-19/h5-11,14,16H,12-13H2,1-4H3,(H,25,28)/t16-/m0/s1. The Labute approximate surface area is 185 Å². The van der Waals surface area contributed by atoms with Crippen molar-refractivity contribution in [3.63, 3.8) is 0 Å². The number of halogens is 2. The van der Waals surface area contributed by atoms with Crippen LogP contribution in [0, 0.1) is 6.92 Å². The van der Waals surface area contributed by atoms with Crippen molar-refractivity contribution in [2.75, 3.05) is 6.61 Å². The van der Waals surface area contributed by atoms with Crippen molar-refractivity contribution in [1.82, 2.24) is 10.2 Å². The number of nitrogens with zero attached hydrogens (tertiary/aromatic N) is 1. The summed E-state index contributed by atoms with van der Waals surface area (Å²) in [5.74, 6) is 0.124. The number of benzene rings is 2. The van der Waals surface area contributed by atoms with Gasteiger partial charge in [0.2, 0.25) is 5.91 Å². The average molecular weight is 482 g/mol. The summed E-state index contributed by atoms with van der Waals surface area (Å²) in [5.41, 5.74) is 1.89. The van der Waals surface area contributed by atoms with Crippen molar-refractivity contribution in [2.45, 2.75) is 46.3 Å². The van der Waals surface area contributed by atoms with Gasteiger partial charge in [0, 0.05) is 22.1 Å². The van der Waals surface area contributed by atoms with E-state index in [0.717, 1.165) is 15.6 Å². The van der Waals surface area contributed by atoms with E-state index in [4.69, 9.17) is 16.3 Å². The minimum atomic E-state index is -0.643. The Balaban J connectivity index is 2.15. The third kappa shape index (κ3) is 7.05. The molecule has 1 atom stereocenters. The zero-order valence-electron chi connectivity index (χ0n) is 17.0. The second kappa shape index (κ2) is 10.6. The van der Waals surface area contributed by atoms with Gasteiger partial charge in [0.1, 0.15) is 11.8 Å². The molecule has 0 spiro atoms. The van der Waals surface area contributed by atoms with Crippen LogP contribution < -0.4 is 10.1 Å². The van der Waals surface area contributed by atoms with E-state index >= 15 is 0 Å². The first-order chi connectivity index (χ1) is 13.7. The summed E-state index contributed by atoms with van der Waals surface area (Å²) in [5, 5.41) is 3.48. The van der Waals surface area contributed by atoms with Gasteiger partial charge in [-0.15, -0.1) is 0 Å². The van der Waals surface area contributed by atoms with Gasteiger partial charge in [-0.1, -0.05) is 39.7 Å². The van der Waals surface area contributed by atoms with Crippen LogP contribution in [0.15, 0.2) is 46.9 Å². The Morgan fingerprint density at radius 3 is 2.38 bits per heavy atom. The number of hydrogen-bond donors (Lipinski definition) is 1. The number of carbonyl (C=O) groups is 2. The molecule has 2 rings (SSSR count). The lowest BCUT2D eigenvalue weighted by Gasteiger charge is -2.29. The van der Waals surface area contributed by atoms with Crippen LogP contribution in [0.2, 0.25) is 5.02 Å². The molecule has 5 nitrogen and oxygen atoms in total. The molecular formula is C22H26BrClN2O3. The van der Waals surface area contributed by atoms with Gasteiger partial charge in [0.15, 0.2) is 6.61 Å². The molecule has 0 saturated carbocycles. The van der Waals surface area contributed by atoms with Crippen molar-refractivity contribution in [2.24, 2.45) is 0 Å². The Kier molecular flexibility index (Phi) is 8.53. The van der Waals surface area contributed by atoms with Gasteiger partial charge < -0.3 is 15.0 Å². The van der Waals surface area contributed by atoms with E-state index in [1.807, 2.05) is 45.0 Å². The topological polar surface area (TPSA) is 58.6 Å². The van der Waals surface area contributed by atoms with Crippen LogP contribution in [0.5, 0.6) is 5.75 Å². The van der Waals surface area contributed by atoms with Crippen molar-refractivity contribution < 1.29 is 14.3 Å². The van der Waals surface area contributed by atoms with Gasteiger partial charge in [-0.05, 0) is 69.2 Å². The lowest BCUT2D eigenvalue weighted by Crippen LogP contribution is -2.50. The Morgan fingerprint density at radius 1 is 1.14 bits per heavy atom. The zero-order chi connectivity index (χ0) is 21.6. The summed E-state index contributed by atoms with van der Waals surface area (Å²) in [6.07, 6.45) is 0. The smallest absolute Gasteiger partial charge is 0.261 e. The fourth-order valence-corrected chi connectivity index (χ4v) is 3.08. The average Bonchev–Trinajstić information content (AvgIpc) is 2.67. The maximum absolute atomic E-state index is 13.0. The SMILES string of the molecule is Cc1cc(OCC(=O)N(Cc2ccc(Cl)cc2)[C@@H](C)C(=O)NC(C)C)ccc1Br. The molecule has 0 aliphatic carbocycles. The minimum absolute atomic E-state index is 0.0144. The maximum atomic E-state index is 13.0. The molecule has 2 amide bonds. The molecule has 0 radical (unpaired) electrons. The molecule has 0 heterocycles.